The summed E-state index contributed by atoms with van der Waals surface area (Å²) < 4.78 is 5.97. The molecule has 2 rings (SSSR count). The Hall–Kier alpha value is -1.79. The first-order valence-electron chi connectivity index (χ1n) is 7.44. The molecule has 0 bridgehead atoms. The summed E-state index contributed by atoms with van der Waals surface area (Å²) in [7, 11) is 0. The summed E-state index contributed by atoms with van der Waals surface area (Å²) in [4.78, 5) is 24.6. The van der Waals surface area contributed by atoms with E-state index in [2.05, 4.69) is 21.2 Å². The third kappa shape index (κ3) is 6.37. The minimum absolute atomic E-state index is 0.268. The number of benzene rings is 2. The lowest BCUT2D eigenvalue weighted by atomic mass is 10.2. The predicted molar refractivity (Wildman–Crippen MR) is 100 cm³/mol. The van der Waals surface area contributed by atoms with Gasteiger partial charge in [-0.2, -0.15) is 0 Å². The molecule has 0 radical (unpaired) electrons. The smallest absolute Gasteiger partial charge is 0.307 e. The average molecular weight is 408 g/mol. The quantitative estimate of drug-likeness (QED) is 0.544. The summed E-state index contributed by atoms with van der Waals surface area (Å²) in [6.45, 7) is 1.66. The van der Waals surface area contributed by atoms with E-state index in [4.69, 9.17) is 4.74 Å². The fraction of sp³-hybridized carbons (Fsp3) is 0.222. The summed E-state index contributed by atoms with van der Waals surface area (Å²) in [5, 5.41) is 2.71. The molecule has 0 saturated heterocycles. The molecule has 6 heteroatoms. The SMILES string of the molecule is Cc1cc(NC(=O)COC(=O)CCSc2ccccc2)ccc1Br. The first kappa shape index (κ1) is 18.5. The molecule has 24 heavy (non-hydrogen) atoms. The van der Waals surface area contributed by atoms with Crippen LogP contribution in [0.2, 0.25) is 0 Å². The van der Waals surface area contributed by atoms with Crippen LogP contribution in [0.4, 0.5) is 5.69 Å². The number of ether oxygens (including phenoxy) is 1. The lowest BCUT2D eigenvalue weighted by molar-refractivity contribution is -0.146. The van der Waals surface area contributed by atoms with Crippen molar-refractivity contribution in [3.63, 3.8) is 0 Å². The van der Waals surface area contributed by atoms with Crippen LogP contribution in [0, 0.1) is 6.92 Å². The molecule has 0 saturated carbocycles. The Morgan fingerprint density at radius 3 is 2.62 bits per heavy atom. The van der Waals surface area contributed by atoms with Gasteiger partial charge in [-0.1, -0.05) is 34.1 Å². The number of nitrogens with one attached hydrogen (secondary N) is 1. The van der Waals surface area contributed by atoms with Crippen molar-refractivity contribution in [1.82, 2.24) is 0 Å². The Kier molecular flexibility index (Phi) is 7.34. The maximum absolute atomic E-state index is 11.8. The molecule has 1 amide bonds. The molecule has 0 fully saturated rings. The summed E-state index contributed by atoms with van der Waals surface area (Å²) in [6, 6.07) is 15.3. The molecule has 2 aromatic carbocycles. The molecular formula is C18H18BrNO3S. The highest BCUT2D eigenvalue weighted by Crippen LogP contribution is 2.20. The summed E-state index contributed by atoms with van der Waals surface area (Å²) in [5.74, 6) is -0.0996. The zero-order valence-electron chi connectivity index (χ0n) is 13.3. The molecule has 0 aliphatic rings. The largest absolute Gasteiger partial charge is 0.456 e. The van der Waals surface area contributed by atoms with E-state index in [1.165, 1.54) is 0 Å². The maximum atomic E-state index is 11.8. The molecule has 0 aliphatic carbocycles. The Morgan fingerprint density at radius 2 is 1.92 bits per heavy atom. The van der Waals surface area contributed by atoms with Crippen LogP contribution in [0.25, 0.3) is 0 Å². The van der Waals surface area contributed by atoms with Gasteiger partial charge in [0.05, 0.1) is 6.42 Å². The van der Waals surface area contributed by atoms with Crippen LogP contribution in [0.3, 0.4) is 0 Å². The zero-order valence-corrected chi connectivity index (χ0v) is 15.7. The monoisotopic (exact) mass is 407 g/mol. The molecular weight excluding hydrogens is 390 g/mol. The van der Waals surface area contributed by atoms with Crippen molar-refractivity contribution >= 4 is 45.3 Å². The van der Waals surface area contributed by atoms with Gasteiger partial charge in [-0.15, -0.1) is 11.8 Å². The van der Waals surface area contributed by atoms with Gasteiger partial charge in [0, 0.05) is 20.8 Å². The van der Waals surface area contributed by atoms with Gasteiger partial charge in [0.25, 0.3) is 5.91 Å². The van der Waals surface area contributed by atoms with E-state index in [0.717, 1.165) is 14.9 Å². The number of hydrogen-bond acceptors (Lipinski definition) is 4. The number of thioether (sulfide) groups is 1. The Morgan fingerprint density at radius 1 is 1.17 bits per heavy atom. The number of aryl methyl sites for hydroxylation is 1. The lowest BCUT2D eigenvalue weighted by Gasteiger charge is -2.08. The third-order valence-electron chi connectivity index (χ3n) is 3.12. The second kappa shape index (κ2) is 9.49. The molecule has 0 spiro atoms. The number of esters is 1. The first-order chi connectivity index (χ1) is 11.5. The van der Waals surface area contributed by atoms with E-state index in [1.807, 2.05) is 49.4 Å². The Labute approximate surface area is 154 Å². The topological polar surface area (TPSA) is 55.4 Å². The first-order valence-corrected chi connectivity index (χ1v) is 9.22. The van der Waals surface area contributed by atoms with E-state index in [1.54, 1.807) is 17.8 Å². The number of hydrogen-bond donors (Lipinski definition) is 1. The van der Waals surface area contributed by atoms with Gasteiger partial charge in [-0.05, 0) is 42.8 Å². The van der Waals surface area contributed by atoms with Gasteiger partial charge in [0.15, 0.2) is 6.61 Å². The van der Waals surface area contributed by atoms with E-state index >= 15 is 0 Å². The average Bonchev–Trinajstić information content (AvgIpc) is 2.57. The molecule has 0 heterocycles. The van der Waals surface area contributed by atoms with Crippen LogP contribution < -0.4 is 5.32 Å². The second-order valence-corrected chi connectivity index (χ2v) is 7.11. The van der Waals surface area contributed by atoms with Crippen molar-refractivity contribution < 1.29 is 14.3 Å². The molecule has 126 valence electrons. The number of carbonyl (C=O) groups excluding carboxylic acids is 2. The second-order valence-electron chi connectivity index (χ2n) is 5.08. The van der Waals surface area contributed by atoms with Crippen LogP contribution in [0.5, 0.6) is 0 Å². The minimum atomic E-state index is -0.374. The zero-order chi connectivity index (χ0) is 17.4. The number of amides is 1. The van der Waals surface area contributed by atoms with Gasteiger partial charge in [0.1, 0.15) is 0 Å². The highest BCUT2D eigenvalue weighted by Gasteiger charge is 2.08. The van der Waals surface area contributed by atoms with Crippen molar-refractivity contribution in [3.8, 4) is 0 Å². The Bertz CT molecular complexity index is 707. The molecule has 4 nitrogen and oxygen atoms in total. The van der Waals surface area contributed by atoms with Crippen molar-refractivity contribution in [2.24, 2.45) is 0 Å². The summed E-state index contributed by atoms with van der Waals surface area (Å²) >= 11 is 4.98. The number of anilines is 1. The van der Waals surface area contributed by atoms with Crippen LogP contribution in [-0.4, -0.2) is 24.2 Å². The van der Waals surface area contributed by atoms with E-state index in [-0.39, 0.29) is 24.9 Å². The number of carbonyl (C=O) groups is 2. The van der Waals surface area contributed by atoms with Gasteiger partial charge < -0.3 is 10.1 Å². The molecule has 0 aliphatic heterocycles. The van der Waals surface area contributed by atoms with Crippen molar-refractivity contribution in [2.45, 2.75) is 18.2 Å². The Balaban J connectivity index is 1.67. The molecule has 0 aromatic heterocycles. The molecule has 0 atom stereocenters. The van der Waals surface area contributed by atoms with Crippen LogP contribution in [-0.2, 0) is 14.3 Å². The van der Waals surface area contributed by atoms with Crippen LogP contribution in [0.1, 0.15) is 12.0 Å². The van der Waals surface area contributed by atoms with Crippen LogP contribution >= 0.6 is 27.7 Å². The minimum Gasteiger partial charge on any atom is -0.456 e. The standard InChI is InChI=1S/C18H18BrNO3S/c1-13-11-14(7-8-16(13)19)20-17(21)12-23-18(22)9-10-24-15-5-3-2-4-6-15/h2-8,11H,9-10,12H2,1H3,(H,20,21). The summed E-state index contributed by atoms with van der Waals surface area (Å²) in [5.41, 5.74) is 1.69. The molecule has 0 unspecified atom stereocenters. The van der Waals surface area contributed by atoms with E-state index < -0.39 is 0 Å². The molecule has 1 N–H and O–H groups in total. The number of rotatable bonds is 7. The normalized spacial score (nSPS) is 10.2. The predicted octanol–water partition coefficient (Wildman–Crippen LogP) is 4.42. The highest BCUT2D eigenvalue weighted by molar-refractivity contribution is 9.10. The third-order valence-corrected chi connectivity index (χ3v) is 5.03. The van der Waals surface area contributed by atoms with E-state index in [0.29, 0.717) is 11.4 Å². The fourth-order valence-corrected chi connectivity index (χ4v) is 3.01. The maximum Gasteiger partial charge on any atom is 0.307 e. The van der Waals surface area contributed by atoms with Crippen molar-refractivity contribution in [1.29, 1.82) is 0 Å². The highest BCUT2D eigenvalue weighted by atomic mass is 79.9. The van der Waals surface area contributed by atoms with Gasteiger partial charge in [-0.3, -0.25) is 9.59 Å². The lowest BCUT2D eigenvalue weighted by Crippen LogP contribution is -2.21. The van der Waals surface area contributed by atoms with Crippen molar-refractivity contribution in [2.75, 3.05) is 17.7 Å². The van der Waals surface area contributed by atoms with Crippen LogP contribution in [0.15, 0.2) is 57.9 Å². The number of halogens is 1. The van der Waals surface area contributed by atoms with Gasteiger partial charge >= 0.3 is 5.97 Å². The fourth-order valence-electron chi connectivity index (χ4n) is 1.91. The van der Waals surface area contributed by atoms with Crippen molar-refractivity contribution in [3.05, 3.63) is 58.6 Å². The van der Waals surface area contributed by atoms with Gasteiger partial charge in [-0.25, -0.2) is 0 Å². The molecule has 2 aromatic rings. The van der Waals surface area contributed by atoms with Gasteiger partial charge in [0.2, 0.25) is 0 Å². The summed E-state index contributed by atoms with van der Waals surface area (Å²) in [6.07, 6.45) is 0.268. The van der Waals surface area contributed by atoms with E-state index in [9.17, 15) is 9.59 Å².